The van der Waals surface area contributed by atoms with E-state index in [1.165, 1.54) is 0 Å². The first-order valence-corrected chi connectivity index (χ1v) is 4.73. The van der Waals surface area contributed by atoms with Gasteiger partial charge in [0.15, 0.2) is 0 Å². The molecule has 1 aliphatic rings. The van der Waals surface area contributed by atoms with Crippen LogP contribution in [0.4, 0.5) is 13.2 Å². The molecule has 1 saturated carbocycles. The Balaban J connectivity index is 2.72. The van der Waals surface area contributed by atoms with Gasteiger partial charge in [0, 0.05) is 0 Å². The average Bonchev–Trinajstić information content (AvgIpc) is 2.51. The zero-order valence-electron chi connectivity index (χ0n) is 8.03. The van der Waals surface area contributed by atoms with Gasteiger partial charge in [-0.25, -0.2) is 0 Å². The van der Waals surface area contributed by atoms with Gasteiger partial charge in [0.2, 0.25) is 0 Å². The summed E-state index contributed by atoms with van der Waals surface area (Å²) in [6, 6.07) is 0. The van der Waals surface area contributed by atoms with Crippen molar-refractivity contribution in [3.8, 4) is 0 Å². The van der Waals surface area contributed by atoms with E-state index >= 15 is 0 Å². The minimum atomic E-state index is -4.43. The van der Waals surface area contributed by atoms with Crippen molar-refractivity contribution in [2.45, 2.75) is 20.0 Å². The van der Waals surface area contributed by atoms with E-state index in [0.717, 1.165) is 6.08 Å². The molecule has 2 N–H and O–H groups in total. The Labute approximate surface area is 86.1 Å². The predicted octanol–water partition coefficient (Wildman–Crippen LogP) is 2.90. The van der Waals surface area contributed by atoms with Gasteiger partial charge < -0.3 is 5.73 Å². The molecular weight excluding hydrogens is 215 g/mol. The minimum Gasteiger partial charge on any atom is -0.330 e. The van der Waals surface area contributed by atoms with Crippen LogP contribution in [0, 0.1) is 17.3 Å². The van der Waals surface area contributed by atoms with Crippen LogP contribution in [-0.4, -0.2) is 12.7 Å². The fourth-order valence-corrected chi connectivity index (χ4v) is 1.96. The molecule has 1 nitrogen and oxygen atoms in total. The minimum absolute atomic E-state index is 0.110. The molecule has 1 rings (SSSR count). The molecule has 0 saturated heterocycles. The Morgan fingerprint density at radius 1 is 1.50 bits per heavy atom. The molecule has 14 heavy (non-hydrogen) atoms. The third kappa shape index (κ3) is 2.06. The third-order valence-electron chi connectivity index (χ3n) is 2.99. The Morgan fingerprint density at radius 2 is 2.00 bits per heavy atom. The number of halogens is 4. The summed E-state index contributed by atoms with van der Waals surface area (Å²) < 4.78 is 36.3. The summed E-state index contributed by atoms with van der Waals surface area (Å²) in [5.74, 6) is -0.0415. The first-order valence-electron chi connectivity index (χ1n) is 4.36. The molecule has 0 spiro atoms. The number of alkyl halides is 3. The highest BCUT2D eigenvalue weighted by atomic mass is 35.5. The number of rotatable bonds is 2. The van der Waals surface area contributed by atoms with Gasteiger partial charge in [-0.1, -0.05) is 31.5 Å². The van der Waals surface area contributed by atoms with Crippen LogP contribution in [0.5, 0.6) is 0 Å². The second-order valence-corrected chi connectivity index (χ2v) is 4.61. The predicted molar refractivity (Wildman–Crippen MR) is 49.8 cm³/mol. The van der Waals surface area contributed by atoms with Crippen LogP contribution in [0.15, 0.2) is 11.1 Å². The summed E-state index contributed by atoms with van der Waals surface area (Å²) >= 11 is 5.14. The molecule has 0 amide bonds. The van der Waals surface area contributed by atoms with E-state index in [1.807, 2.05) is 13.8 Å². The SMILES string of the molecule is CC1(C)C(/C=C(\Cl)C(F)(F)F)C1CN. The molecule has 1 aliphatic carbocycles. The summed E-state index contributed by atoms with van der Waals surface area (Å²) in [5, 5.41) is -1.04. The third-order valence-corrected chi connectivity index (χ3v) is 3.33. The Hall–Kier alpha value is -0.220. The lowest BCUT2D eigenvalue weighted by Gasteiger charge is -2.04. The van der Waals surface area contributed by atoms with Gasteiger partial charge in [0.05, 0.1) is 0 Å². The quantitative estimate of drug-likeness (QED) is 0.771. The first-order chi connectivity index (χ1) is 6.21. The normalized spacial score (nSPS) is 31.8. The Morgan fingerprint density at radius 3 is 2.29 bits per heavy atom. The maximum atomic E-state index is 12.1. The van der Waals surface area contributed by atoms with Gasteiger partial charge in [-0.2, -0.15) is 13.2 Å². The van der Waals surface area contributed by atoms with Crippen molar-refractivity contribution in [2.75, 3.05) is 6.54 Å². The molecule has 2 unspecified atom stereocenters. The topological polar surface area (TPSA) is 26.0 Å². The van der Waals surface area contributed by atoms with Crippen LogP contribution < -0.4 is 5.73 Å². The Kier molecular flexibility index (Phi) is 2.89. The molecule has 0 heterocycles. The molecule has 5 heteroatoms. The lowest BCUT2D eigenvalue weighted by atomic mass is 10.1. The van der Waals surface area contributed by atoms with Crippen LogP contribution in [0.25, 0.3) is 0 Å². The van der Waals surface area contributed by atoms with E-state index in [9.17, 15) is 13.2 Å². The van der Waals surface area contributed by atoms with Gasteiger partial charge in [0.1, 0.15) is 5.03 Å². The van der Waals surface area contributed by atoms with Crippen LogP contribution in [0.2, 0.25) is 0 Å². The van der Waals surface area contributed by atoms with Crippen molar-refractivity contribution in [2.24, 2.45) is 23.0 Å². The second kappa shape index (κ2) is 3.42. The van der Waals surface area contributed by atoms with Gasteiger partial charge >= 0.3 is 6.18 Å². The van der Waals surface area contributed by atoms with Crippen LogP contribution in [0.1, 0.15) is 13.8 Å². The van der Waals surface area contributed by atoms with E-state index in [1.54, 1.807) is 0 Å². The monoisotopic (exact) mass is 227 g/mol. The maximum absolute atomic E-state index is 12.1. The molecule has 2 atom stereocenters. The smallest absolute Gasteiger partial charge is 0.330 e. The number of hydrogen-bond acceptors (Lipinski definition) is 1. The number of allylic oxidation sites excluding steroid dienone is 2. The number of hydrogen-bond donors (Lipinski definition) is 1. The van der Waals surface area contributed by atoms with E-state index in [2.05, 4.69) is 0 Å². The molecule has 1 fully saturated rings. The second-order valence-electron chi connectivity index (χ2n) is 4.20. The van der Waals surface area contributed by atoms with Crippen LogP contribution in [-0.2, 0) is 0 Å². The summed E-state index contributed by atoms with van der Waals surface area (Å²) in [7, 11) is 0. The summed E-state index contributed by atoms with van der Waals surface area (Å²) in [4.78, 5) is 0. The van der Waals surface area contributed by atoms with Crippen LogP contribution >= 0.6 is 11.6 Å². The van der Waals surface area contributed by atoms with Crippen molar-refractivity contribution in [1.29, 1.82) is 0 Å². The maximum Gasteiger partial charge on any atom is 0.426 e. The van der Waals surface area contributed by atoms with E-state index in [4.69, 9.17) is 17.3 Å². The molecule has 0 aromatic heterocycles. The van der Waals surface area contributed by atoms with Crippen molar-refractivity contribution in [3.05, 3.63) is 11.1 Å². The van der Waals surface area contributed by atoms with Gasteiger partial charge in [-0.15, -0.1) is 0 Å². The average molecular weight is 228 g/mol. The van der Waals surface area contributed by atoms with Crippen LogP contribution in [0.3, 0.4) is 0 Å². The molecule has 0 bridgehead atoms. The Bertz CT molecular complexity index is 257. The lowest BCUT2D eigenvalue weighted by molar-refractivity contribution is -0.0848. The molecule has 82 valence electrons. The largest absolute Gasteiger partial charge is 0.426 e. The van der Waals surface area contributed by atoms with E-state index < -0.39 is 11.2 Å². The van der Waals surface area contributed by atoms with Gasteiger partial charge in [-0.05, 0) is 23.8 Å². The molecular formula is C9H13ClF3N. The summed E-state index contributed by atoms with van der Waals surface area (Å²) in [5.41, 5.74) is 5.28. The molecule has 0 radical (unpaired) electrons. The molecule has 0 aliphatic heterocycles. The summed E-state index contributed by atoms with van der Waals surface area (Å²) in [6.07, 6.45) is -3.35. The van der Waals surface area contributed by atoms with Gasteiger partial charge in [0.25, 0.3) is 0 Å². The zero-order valence-corrected chi connectivity index (χ0v) is 8.78. The van der Waals surface area contributed by atoms with Crippen molar-refractivity contribution >= 4 is 11.6 Å². The van der Waals surface area contributed by atoms with Crippen molar-refractivity contribution < 1.29 is 13.2 Å². The fraction of sp³-hybridized carbons (Fsp3) is 0.778. The van der Waals surface area contributed by atoms with Gasteiger partial charge in [-0.3, -0.25) is 0 Å². The summed E-state index contributed by atoms with van der Waals surface area (Å²) in [6.45, 7) is 4.19. The fourth-order valence-electron chi connectivity index (χ4n) is 1.82. The van der Waals surface area contributed by atoms with Crippen molar-refractivity contribution in [1.82, 2.24) is 0 Å². The highest BCUT2D eigenvalue weighted by Gasteiger charge is 2.56. The first kappa shape index (κ1) is 11.9. The lowest BCUT2D eigenvalue weighted by Crippen LogP contribution is -2.08. The van der Waals surface area contributed by atoms with Crippen molar-refractivity contribution in [3.63, 3.8) is 0 Å². The molecule has 0 aromatic carbocycles. The zero-order chi connectivity index (χ0) is 11.1. The number of nitrogens with two attached hydrogens (primary N) is 1. The van der Waals surface area contributed by atoms with E-state index in [0.29, 0.717) is 6.54 Å². The highest BCUT2D eigenvalue weighted by Crippen LogP contribution is 2.59. The molecule has 0 aromatic rings. The highest BCUT2D eigenvalue weighted by molar-refractivity contribution is 6.30. The standard InChI is InChI=1S/C9H13ClF3N/c1-8(2)5(6(8)4-14)3-7(10)9(11,12)13/h3,5-6H,4,14H2,1-2H3/b7-3-. The van der Waals surface area contributed by atoms with E-state index in [-0.39, 0.29) is 17.3 Å².